The fourth-order valence-electron chi connectivity index (χ4n) is 0.922. The minimum atomic E-state index is 0.154. The van der Waals surface area contributed by atoms with E-state index in [1.165, 1.54) is 0 Å². The van der Waals surface area contributed by atoms with Gasteiger partial charge in [0.15, 0.2) is 0 Å². The molecular weight excluding hydrogens is 207 g/mol. The quantitative estimate of drug-likeness (QED) is 0.822. The van der Waals surface area contributed by atoms with Gasteiger partial charge in [0.2, 0.25) is 0 Å². The Morgan fingerprint density at radius 2 is 2.08 bits per heavy atom. The van der Waals surface area contributed by atoms with Gasteiger partial charge in [-0.15, -0.1) is 0 Å². The van der Waals surface area contributed by atoms with Crippen LogP contribution in [-0.2, 0) is 0 Å². The maximum Gasteiger partial charge on any atom is 0.0493 e. The molecular formula is C10H10Cl2O. The highest BCUT2D eigenvalue weighted by atomic mass is 35.5. The number of halogens is 2. The first-order chi connectivity index (χ1) is 6.24. The molecule has 3 heteroatoms. The summed E-state index contributed by atoms with van der Waals surface area (Å²) in [5.41, 5.74) is 0.916. The van der Waals surface area contributed by atoms with Gasteiger partial charge in [0.25, 0.3) is 0 Å². The average Bonchev–Trinajstić information content (AvgIpc) is 2.09. The highest BCUT2D eigenvalue weighted by Crippen LogP contribution is 2.21. The topological polar surface area (TPSA) is 20.2 Å². The summed E-state index contributed by atoms with van der Waals surface area (Å²) in [6.45, 7) is 0.154. The number of rotatable bonds is 3. The summed E-state index contributed by atoms with van der Waals surface area (Å²) in [5.74, 6) is 0. The van der Waals surface area contributed by atoms with Crippen LogP contribution in [0.2, 0.25) is 10.0 Å². The van der Waals surface area contributed by atoms with Crippen LogP contribution in [0.4, 0.5) is 0 Å². The van der Waals surface area contributed by atoms with Gasteiger partial charge in [0.1, 0.15) is 0 Å². The second kappa shape index (κ2) is 5.28. The molecule has 0 aromatic heterocycles. The van der Waals surface area contributed by atoms with Crippen LogP contribution < -0.4 is 0 Å². The zero-order chi connectivity index (χ0) is 9.68. The lowest BCUT2D eigenvalue weighted by atomic mass is 10.2. The zero-order valence-corrected chi connectivity index (χ0v) is 8.52. The van der Waals surface area contributed by atoms with Gasteiger partial charge in [-0.2, -0.15) is 0 Å². The lowest BCUT2D eigenvalue weighted by molar-refractivity contribution is 0.303. The molecule has 1 N–H and O–H groups in total. The van der Waals surface area contributed by atoms with Crippen LogP contribution >= 0.6 is 23.2 Å². The molecule has 0 spiro atoms. The van der Waals surface area contributed by atoms with Crippen molar-refractivity contribution in [2.24, 2.45) is 0 Å². The third-order valence-corrected chi connectivity index (χ3v) is 2.12. The van der Waals surface area contributed by atoms with Crippen molar-refractivity contribution in [1.82, 2.24) is 0 Å². The molecule has 0 saturated carbocycles. The molecule has 1 rings (SSSR count). The summed E-state index contributed by atoms with van der Waals surface area (Å²) in [6.07, 6.45) is 4.38. The molecule has 0 radical (unpaired) electrons. The number of hydrogen-bond acceptors (Lipinski definition) is 1. The van der Waals surface area contributed by atoms with Gasteiger partial charge in [-0.3, -0.25) is 0 Å². The third-order valence-electron chi connectivity index (χ3n) is 1.56. The summed E-state index contributed by atoms with van der Waals surface area (Å²) >= 11 is 11.6. The van der Waals surface area contributed by atoms with Crippen molar-refractivity contribution in [1.29, 1.82) is 0 Å². The Balaban J connectivity index is 2.77. The molecule has 0 bridgehead atoms. The molecule has 0 atom stereocenters. The third kappa shape index (κ3) is 3.39. The average molecular weight is 217 g/mol. The van der Waals surface area contributed by atoms with E-state index in [4.69, 9.17) is 28.3 Å². The maximum atomic E-state index is 8.55. The Hall–Kier alpha value is -0.500. The van der Waals surface area contributed by atoms with Crippen molar-refractivity contribution < 1.29 is 5.11 Å². The van der Waals surface area contributed by atoms with E-state index in [1.807, 2.05) is 18.2 Å². The zero-order valence-electron chi connectivity index (χ0n) is 7.00. The Morgan fingerprint density at radius 1 is 1.31 bits per heavy atom. The Morgan fingerprint density at radius 3 is 2.69 bits per heavy atom. The molecule has 0 aliphatic heterocycles. The number of hydrogen-bond donors (Lipinski definition) is 1. The monoisotopic (exact) mass is 216 g/mol. The molecule has 0 heterocycles. The fourth-order valence-corrected chi connectivity index (χ4v) is 1.39. The van der Waals surface area contributed by atoms with Crippen LogP contribution in [0.15, 0.2) is 24.3 Å². The molecule has 13 heavy (non-hydrogen) atoms. The molecule has 0 amide bonds. The van der Waals surface area contributed by atoms with Gasteiger partial charge >= 0.3 is 0 Å². The van der Waals surface area contributed by atoms with Gasteiger partial charge < -0.3 is 5.11 Å². The number of aliphatic hydroxyl groups is 1. The van der Waals surface area contributed by atoms with Crippen LogP contribution in [-0.4, -0.2) is 11.7 Å². The van der Waals surface area contributed by atoms with E-state index in [2.05, 4.69) is 0 Å². The van der Waals surface area contributed by atoms with Crippen molar-refractivity contribution in [3.63, 3.8) is 0 Å². The molecule has 0 aliphatic rings. The first kappa shape index (κ1) is 10.6. The Kier molecular flexibility index (Phi) is 4.29. The van der Waals surface area contributed by atoms with Crippen molar-refractivity contribution in [2.45, 2.75) is 6.42 Å². The van der Waals surface area contributed by atoms with Gasteiger partial charge in [-0.05, 0) is 24.1 Å². The van der Waals surface area contributed by atoms with Gasteiger partial charge in [0.05, 0.1) is 0 Å². The summed E-state index contributed by atoms with van der Waals surface area (Å²) in [7, 11) is 0. The van der Waals surface area contributed by atoms with E-state index in [1.54, 1.807) is 12.1 Å². The van der Waals surface area contributed by atoms with Crippen LogP contribution in [0, 0.1) is 0 Å². The maximum absolute atomic E-state index is 8.55. The minimum absolute atomic E-state index is 0.154. The van der Waals surface area contributed by atoms with Crippen molar-refractivity contribution in [2.75, 3.05) is 6.61 Å². The summed E-state index contributed by atoms with van der Waals surface area (Å²) in [6, 6.07) is 5.33. The van der Waals surface area contributed by atoms with E-state index in [-0.39, 0.29) is 6.61 Å². The van der Waals surface area contributed by atoms with Gasteiger partial charge in [-0.1, -0.05) is 41.4 Å². The molecule has 1 aromatic rings. The SMILES string of the molecule is OCCC=Cc1ccc(Cl)cc1Cl. The summed E-state index contributed by atoms with van der Waals surface area (Å²) in [5, 5.41) is 9.81. The van der Waals surface area contributed by atoms with Gasteiger partial charge in [0, 0.05) is 16.7 Å². The van der Waals surface area contributed by atoms with E-state index in [0.717, 1.165) is 5.56 Å². The second-order valence-electron chi connectivity index (χ2n) is 2.58. The minimum Gasteiger partial charge on any atom is -0.396 e. The van der Waals surface area contributed by atoms with Crippen LogP contribution in [0.3, 0.4) is 0 Å². The summed E-state index contributed by atoms with van der Waals surface area (Å²) < 4.78 is 0. The molecule has 0 unspecified atom stereocenters. The first-order valence-electron chi connectivity index (χ1n) is 3.96. The van der Waals surface area contributed by atoms with Crippen molar-refractivity contribution in [3.05, 3.63) is 39.9 Å². The molecule has 1 nitrogen and oxygen atoms in total. The second-order valence-corrected chi connectivity index (χ2v) is 3.42. The smallest absolute Gasteiger partial charge is 0.0493 e. The van der Waals surface area contributed by atoms with Crippen molar-refractivity contribution >= 4 is 29.3 Å². The molecule has 1 aromatic carbocycles. The lowest BCUT2D eigenvalue weighted by Crippen LogP contribution is -1.77. The largest absolute Gasteiger partial charge is 0.396 e. The highest BCUT2D eigenvalue weighted by Gasteiger charge is 1.96. The number of benzene rings is 1. The Labute approximate surface area is 87.6 Å². The summed E-state index contributed by atoms with van der Waals surface area (Å²) in [4.78, 5) is 0. The van der Waals surface area contributed by atoms with E-state index < -0.39 is 0 Å². The standard InChI is InChI=1S/C10H10Cl2O/c11-9-5-4-8(10(12)7-9)3-1-2-6-13/h1,3-5,7,13H,2,6H2. The predicted molar refractivity (Wildman–Crippen MR) is 57.2 cm³/mol. The normalized spacial score (nSPS) is 11.0. The highest BCUT2D eigenvalue weighted by molar-refractivity contribution is 6.35. The number of aliphatic hydroxyl groups excluding tert-OH is 1. The van der Waals surface area contributed by atoms with E-state index in [0.29, 0.717) is 16.5 Å². The molecule has 0 saturated heterocycles. The molecule has 0 aliphatic carbocycles. The van der Waals surface area contributed by atoms with Crippen LogP contribution in [0.25, 0.3) is 6.08 Å². The van der Waals surface area contributed by atoms with Gasteiger partial charge in [-0.25, -0.2) is 0 Å². The predicted octanol–water partition coefficient (Wildman–Crippen LogP) is 3.39. The van der Waals surface area contributed by atoms with Crippen molar-refractivity contribution in [3.8, 4) is 0 Å². The van der Waals surface area contributed by atoms with E-state index in [9.17, 15) is 0 Å². The molecule has 0 fully saturated rings. The lowest BCUT2D eigenvalue weighted by Gasteiger charge is -1.97. The Bertz CT molecular complexity index is 308. The first-order valence-corrected chi connectivity index (χ1v) is 4.72. The van der Waals surface area contributed by atoms with Crippen LogP contribution in [0.5, 0.6) is 0 Å². The molecule has 70 valence electrons. The van der Waals surface area contributed by atoms with Crippen LogP contribution in [0.1, 0.15) is 12.0 Å². The fraction of sp³-hybridized carbons (Fsp3) is 0.200. The van der Waals surface area contributed by atoms with E-state index >= 15 is 0 Å².